The molecule has 9 heteroatoms. The number of carbonyl (C=O) groups is 2. The Morgan fingerprint density at radius 3 is 2.55 bits per heavy atom. The van der Waals surface area contributed by atoms with E-state index in [-0.39, 0.29) is 35.6 Å². The summed E-state index contributed by atoms with van der Waals surface area (Å²) in [5.74, 6) is -1.05. The molecule has 1 N–H and O–H groups in total. The average Bonchev–Trinajstić information content (AvgIpc) is 3.01. The van der Waals surface area contributed by atoms with Crippen LogP contribution in [0.1, 0.15) is 59.8 Å². The summed E-state index contributed by atoms with van der Waals surface area (Å²) in [7, 11) is 0. The van der Waals surface area contributed by atoms with Crippen LogP contribution in [-0.4, -0.2) is 37.1 Å². The van der Waals surface area contributed by atoms with Crippen molar-refractivity contribution in [2.75, 3.05) is 6.54 Å². The third kappa shape index (κ3) is 4.92. The van der Waals surface area contributed by atoms with Crippen LogP contribution >= 0.6 is 24.0 Å². The summed E-state index contributed by atoms with van der Waals surface area (Å²) >= 11 is 6.56. The second-order valence-electron chi connectivity index (χ2n) is 7.85. The van der Waals surface area contributed by atoms with E-state index in [0.717, 1.165) is 10.1 Å². The van der Waals surface area contributed by atoms with Gasteiger partial charge in [-0.3, -0.25) is 23.9 Å². The normalized spacial score (nSPS) is 14.9. The molecule has 0 saturated carbocycles. The number of nitriles is 1. The number of carbonyl (C=O) groups excluding carboxylic acids is 2. The number of hydrogen-bond donors (Lipinski definition) is 1. The summed E-state index contributed by atoms with van der Waals surface area (Å²) in [6, 6.07) is 10.9. The van der Waals surface area contributed by atoms with Gasteiger partial charge in [-0.05, 0) is 44.4 Å². The van der Waals surface area contributed by atoms with Crippen LogP contribution in [0.5, 0.6) is 5.88 Å². The van der Waals surface area contributed by atoms with E-state index < -0.39 is 23.3 Å². The molecule has 0 radical (unpaired) electrons. The number of benzene rings is 1. The summed E-state index contributed by atoms with van der Waals surface area (Å²) in [4.78, 5) is 40.2. The number of ketones is 1. The van der Waals surface area contributed by atoms with Crippen molar-refractivity contribution < 1.29 is 14.7 Å². The number of thioether (sulfide) groups is 1. The topological polar surface area (TPSA) is 103 Å². The molecule has 1 aromatic carbocycles. The Balaban J connectivity index is 1.75. The highest BCUT2D eigenvalue weighted by Crippen LogP contribution is 2.33. The third-order valence-corrected chi connectivity index (χ3v) is 6.68. The highest BCUT2D eigenvalue weighted by Gasteiger charge is 2.32. The molecule has 0 spiro atoms. The van der Waals surface area contributed by atoms with Gasteiger partial charge in [0.15, 0.2) is 5.78 Å². The zero-order valence-corrected chi connectivity index (χ0v) is 20.1. The van der Waals surface area contributed by atoms with Gasteiger partial charge in [-0.15, -0.1) is 0 Å². The van der Waals surface area contributed by atoms with Gasteiger partial charge >= 0.3 is 0 Å². The summed E-state index contributed by atoms with van der Waals surface area (Å²) in [5.41, 5.74) is 0.245. The van der Waals surface area contributed by atoms with Crippen molar-refractivity contribution in [2.24, 2.45) is 0 Å². The molecule has 1 aliphatic heterocycles. The Hall–Kier alpha value is -3.22. The van der Waals surface area contributed by atoms with Crippen molar-refractivity contribution in [3.63, 3.8) is 0 Å². The standard InChI is InChI=1S/C24H23N3O4S2/c1-14(2)27-21(29)17(13-25)15(3)20(23(27)31)18(28)10-7-11-26-22(30)19(33-24(26)32)12-16-8-5-4-6-9-16/h4-6,8-9,12,14,31H,7,10-11H2,1-3H3/b19-12-. The van der Waals surface area contributed by atoms with Gasteiger partial charge in [0.2, 0.25) is 5.88 Å². The maximum atomic E-state index is 12.9. The van der Waals surface area contributed by atoms with Crippen molar-refractivity contribution in [3.05, 3.63) is 67.8 Å². The van der Waals surface area contributed by atoms with Gasteiger partial charge in [0.1, 0.15) is 16.0 Å². The van der Waals surface area contributed by atoms with Crippen molar-refractivity contribution in [3.8, 4) is 11.9 Å². The first-order valence-electron chi connectivity index (χ1n) is 10.4. The number of hydrogen-bond acceptors (Lipinski definition) is 7. The number of amides is 1. The molecular formula is C24H23N3O4S2. The largest absolute Gasteiger partial charge is 0.494 e. The molecule has 0 unspecified atom stereocenters. The smallest absolute Gasteiger partial charge is 0.271 e. The maximum absolute atomic E-state index is 12.9. The third-order valence-electron chi connectivity index (χ3n) is 5.30. The van der Waals surface area contributed by atoms with Crippen LogP contribution in [-0.2, 0) is 4.79 Å². The number of rotatable bonds is 7. The Bertz CT molecular complexity index is 1260. The molecule has 2 aromatic rings. The van der Waals surface area contributed by atoms with Gasteiger partial charge in [0, 0.05) is 19.0 Å². The van der Waals surface area contributed by atoms with Crippen LogP contribution in [0.2, 0.25) is 0 Å². The van der Waals surface area contributed by atoms with Crippen LogP contribution in [0, 0.1) is 18.3 Å². The van der Waals surface area contributed by atoms with Gasteiger partial charge in [-0.2, -0.15) is 5.26 Å². The molecule has 1 fully saturated rings. The molecule has 1 aromatic heterocycles. The van der Waals surface area contributed by atoms with E-state index in [1.807, 2.05) is 36.4 Å². The average molecular weight is 482 g/mol. The minimum Gasteiger partial charge on any atom is -0.494 e. The second-order valence-corrected chi connectivity index (χ2v) is 9.53. The molecule has 0 atom stereocenters. The Labute approximate surface area is 201 Å². The van der Waals surface area contributed by atoms with E-state index in [1.165, 1.54) is 23.6 Å². The molecule has 1 aliphatic rings. The van der Waals surface area contributed by atoms with E-state index >= 15 is 0 Å². The Morgan fingerprint density at radius 2 is 1.94 bits per heavy atom. The molecule has 7 nitrogen and oxygen atoms in total. The quantitative estimate of drug-likeness (QED) is 0.359. The van der Waals surface area contributed by atoms with Crippen LogP contribution < -0.4 is 5.56 Å². The minimum absolute atomic E-state index is 0.0182. The number of aromatic hydroxyl groups is 1. The first-order valence-corrected chi connectivity index (χ1v) is 11.6. The molecule has 1 saturated heterocycles. The summed E-state index contributed by atoms with van der Waals surface area (Å²) < 4.78 is 1.48. The predicted molar refractivity (Wildman–Crippen MR) is 132 cm³/mol. The summed E-state index contributed by atoms with van der Waals surface area (Å²) in [6.45, 7) is 5.10. The second kappa shape index (κ2) is 10.1. The number of Topliss-reactive ketones (excluding diaryl/α,β-unsaturated/α-hetero) is 1. The first kappa shape index (κ1) is 24.4. The lowest BCUT2D eigenvalue weighted by Gasteiger charge is -2.18. The predicted octanol–water partition coefficient (Wildman–Crippen LogP) is 4.18. The van der Waals surface area contributed by atoms with E-state index in [2.05, 4.69) is 0 Å². The molecular weight excluding hydrogens is 458 g/mol. The van der Waals surface area contributed by atoms with E-state index in [1.54, 1.807) is 19.9 Å². The minimum atomic E-state index is -0.623. The SMILES string of the molecule is Cc1c(C(=O)CCCN2C(=O)/C(=C/c3ccccc3)SC2=S)c(O)n(C(C)C)c(=O)c1C#N. The zero-order chi connectivity index (χ0) is 24.3. The van der Waals surface area contributed by atoms with Crippen molar-refractivity contribution in [1.29, 1.82) is 5.26 Å². The fourth-order valence-corrected chi connectivity index (χ4v) is 4.96. The molecule has 0 aliphatic carbocycles. The summed E-state index contributed by atoms with van der Waals surface area (Å²) in [6.07, 6.45) is 2.11. The zero-order valence-electron chi connectivity index (χ0n) is 18.5. The van der Waals surface area contributed by atoms with Gasteiger partial charge in [-0.25, -0.2) is 0 Å². The van der Waals surface area contributed by atoms with Crippen LogP contribution in [0.3, 0.4) is 0 Å². The van der Waals surface area contributed by atoms with Crippen LogP contribution in [0.25, 0.3) is 6.08 Å². The molecule has 0 bridgehead atoms. The molecule has 1 amide bonds. The van der Waals surface area contributed by atoms with Crippen LogP contribution in [0.4, 0.5) is 0 Å². The fourth-order valence-electron chi connectivity index (χ4n) is 3.65. The van der Waals surface area contributed by atoms with Crippen LogP contribution in [0.15, 0.2) is 40.0 Å². The lowest BCUT2D eigenvalue weighted by atomic mass is 9.98. The maximum Gasteiger partial charge on any atom is 0.271 e. The van der Waals surface area contributed by atoms with Crippen molar-refractivity contribution in [2.45, 2.75) is 39.7 Å². The van der Waals surface area contributed by atoms with Gasteiger partial charge < -0.3 is 5.11 Å². The number of pyridine rings is 1. The van der Waals surface area contributed by atoms with Gasteiger partial charge in [-0.1, -0.05) is 54.3 Å². The lowest BCUT2D eigenvalue weighted by molar-refractivity contribution is -0.122. The van der Waals surface area contributed by atoms with E-state index in [4.69, 9.17) is 12.2 Å². The van der Waals surface area contributed by atoms with Crippen molar-refractivity contribution in [1.82, 2.24) is 9.47 Å². The first-order chi connectivity index (χ1) is 15.7. The number of thiocarbonyl (C=S) groups is 1. The highest BCUT2D eigenvalue weighted by molar-refractivity contribution is 8.26. The lowest BCUT2D eigenvalue weighted by Crippen LogP contribution is -2.30. The number of aromatic nitrogens is 1. The Kier molecular flexibility index (Phi) is 7.51. The molecule has 33 heavy (non-hydrogen) atoms. The van der Waals surface area contributed by atoms with Crippen molar-refractivity contribution >= 4 is 46.1 Å². The Morgan fingerprint density at radius 1 is 1.27 bits per heavy atom. The van der Waals surface area contributed by atoms with Gasteiger partial charge in [0.05, 0.1) is 10.5 Å². The fraction of sp³-hybridized carbons (Fsp3) is 0.292. The monoisotopic (exact) mass is 481 g/mol. The number of nitrogens with zero attached hydrogens (tertiary/aromatic N) is 3. The molecule has 2 heterocycles. The molecule has 3 rings (SSSR count). The van der Waals surface area contributed by atoms with E-state index in [9.17, 15) is 24.8 Å². The van der Waals surface area contributed by atoms with E-state index in [0.29, 0.717) is 15.6 Å². The van der Waals surface area contributed by atoms with Gasteiger partial charge in [0.25, 0.3) is 11.5 Å². The molecule has 170 valence electrons. The highest BCUT2D eigenvalue weighted by atomic mass is 32.2. The summed E-state index contributed by atoms with van der Waals surface area (Å²) in [5, 5.41) is 20.0.